The summed E-state index contributed by atoms with van der Waals surface area (Å²) in [6.45, 7) is 0.205. The highest BCUT2D eigenvalue weighted by atomic mass is 19.3. The number of alkyl carbamates (subject to hydrolysis) is 1. The predicted octanol–water partition coefficient (Wildman–Crippen LogP) is 4.31. The van der Waals surface area contributed by atoms with Crippen LogP contribution in [-0.2, 0) is 14.3 Å². The Balaban J connectivity index is 1.24. The SMILES string of the molecule is O=C(O)CC(NC(=O)C[C@H]1CC[C@@H](NC(=O)OCC2c3ccccc3-c3ccccc32)C1)C(F)F. The van der Waals surface area contributed by atoms with Gasteiger partial charge in [-0.3, -0.25) is 9.59 Å². The lowest BCUT2D eigenvalue weighted by molar-refractivity contribution is -0.139. The van der Waals surface area contributed by atoms with E-state index in [1.54, 1.807) is 0 Å². The molecule has 3 atom stereocenters. The maximum Gasteiger partial charge on any atom is 0.407 e. The Kier molecular flexibility index (Phi) is 7.63. The molecule has 9 heteroatoms. The Bertz CT molecular complexity index is 1050. The molecule has 4 rings (SSSR count). The van der Waals surface area contributed by atoms with Gasteiger partial charge in [0, 0.05) is 18.4 Å². The number of fused-ring (bicyclic) bond motifs is 3. The van der Waals surface area contributed by atoms with Crippen molar-refractivity contribution in [2.45, 2.75) is 56.5 Å². The Labute approximate surface area is 201 Å². The van der Waals surface area contributed by atoms with Crippen LogP contribution in [0, 0.1) is 5.92 Å². The molecule has 0 saturated heterocycles. The summed E-state index contributed by atoms with van der Waals surface area (Å²) < 4.78 is 31.5. The molecule has 0 spiro atoms. The second-order valence-electron chi connectivity index (χ2n) is 9.16. The third kappa shape index (κ3) is 5.96. The molecule has 1 saturated carbocycles. The minimum atomic E-state index is -2.96. The van der Waals surface area contributed by atoms with Gasteiger partial charge in [-0.05, 0) is 47.4 Å². The van der Waals surface area contributed by atoms with E-state index in [0.29, 0.717) is 19.3 Å². The Morgan fingerprint density at radius 1 is 1.00 bits per heavy atom. The number of carbonyl (C=O) groups is 3. The first-order valence-electron chi connectivity index (χ1n) is 11.7. The average molecular weight is 487 g/mol. The van der Waals surface area contributed by atoms with E-state index in [9.17, 15) is 23.2 Å². The molecule has 186 valence electrons. The van der Waals surface area contributed by atoms with E-state index in [0.717, 1.165) is 22.3 Å². The molecule has 2 amide bonds. The maximum absolute atomic E-state index is 12.9. The third-order valence-electron chi connectivity index (χ3n) is 6.73. The van der Waals surface area contributed by atoms with Crippen LogP contribution in [0.4, 0.5) is 13.6 Å². The number of halogens is 2. The van der Waals surface area contributed by atoms with E-state index in [1.807, 2.05) is 36.4 Å². The summed E-state index contributed by atoms with van der Waals surface area (Å²) in [5, 5.41) is 13.7. The number of rotatable bonds is 9. The molecular weight excluding hydrogens is 458 g/mol. The van der Waals surface area contributed by atoms with Crippen LogP contribution in [0.3, 0.4) is 0 Å². The first kappa shape index (κ1) is 24.6. The van der Waals surface area contributed by atoms with E-state index >= 15 is 0 Å². The van der Waals surface area contributed by atoms with Crippen LogP contribution in [0.1, 0.15) is 49.1 Å². The van der Waals surface area contributed by atoms with Gasteiger partial charge in [-0.25, -0.2) is 13.6 Å². The van der Waals surface area contributed by atoms with Crippen molar-refractivity contribution < 1.29 is 33.0 Å². The molecule has 0 aliphatic heterocycles. The number of ether oxygens (including phenoxy) is 1. The first-order valence-corrected chi connectivity index (χ1v) is 11.7. The molecule has 2 aliphatic carbocycles. The van der Waals surface area contributed by atoms with Gasteiger partial charge in [0.25, 0.3) is 6.43 Å². The Hall–Kier alpha value is -3.49. The zero-order valence-corrected chi connectivity index (χ0v) is 19.1. The Morgan fingerprint density at radius 2 is 1.63 bits per heavy atom. The van der Waals surface area contributed by atoms with Crippen molar-refractivity contribution in [3.05, 3.63) is 59.7 Å². The molecule has 35 heavy (non-hydrogen) atoms. The van der Waals surface area contributed by atoms with Crippen LogP contribution >= 0.6 is 0 Å². The first-order chi connectivity index (χ1) is 16.8. The molecule has 2 aromatic carbocycles. The minimum Gasteiger partial charge on any atom is -0.481 e. The normalized spacial score (nSPS) is 19.6. The number of nitrogens with one attached hydrogen (secondary N) is 2. The molecule has 1 unspecified atom stereocenters. The number of carboxylic acid groups (broad SMARTS) is 1. The van der Waals surface area contributed by atoms with Gasteiger partial charge in [-0.1, -0.05) is 48.5 Å². The standard InChI is InChI=1S/C26H28F2N2O5/c27-25(28)22(13-24(32)33)30-23(31)12-15-9-10-16(11-15)29-26(34)35-14-21-19-7-3-1-5-17(19)18-6-2-4-8-20(18)21/h1-8,15-16,21-22,25H,9-14H2,(H,29,34)(H,30,31)(H,32,33)/t15-,16+,22?/m0/s1. The van der Waals surface area contributed by atoms with Crippen molar-refractivity contribution >= 4 is 18.0 Å². The highest BCUT2D eigenvalue weighted by Crippen LogP contribution is 2.44. The number of hydrogen-bond acceptors (Lipinski definition) is 4. The molecular formula is C26H28F2N2O5. The summed E-state index contributed by atoms with van der Waals surface area (Å²) in [5.41, 5.74) is 4.54. The fraction of sp³-hybridized carbons (Fsp3) is 0.423. The molecule has 2 aliphatic rings. The fourth-order valence-electron chi connectivity index (χ4n) is 5.12. The monoisotopic (exact) mass is 486 g/mol. The van der Waals surface area contributed by atoms with Crippen LogP contribution in [0.2, 0.25) is 0 Å². The lowest BCUT2D eigenvalue weighted by Crippen LogP contribution is -2.42. The molecule has 0 bridgehead atoms. The topological polar surface area (TPSA) is 105 Å². The predicted molar refractivity (Wildman–Crippen MR) is 124 cm³/mol. The number of carboxylic acids is 1. The van der Waals surface area contributed by atoms with Gasteiger partial charge in [-0.2, -0.15) is 0 Å². The number of carbonyl (C=O) groups excluding carboxylic acids is 2. The van der Waals surface area contributed by atoms with Gasteiger partial charge in [0.2, 0.25) is 5.91 Å². The summed E-state index contributed by atoms with van der Waals surface area (Å²) in [7, 11) is 0. The van der Waals surface area contributed by atoms with Crippen molar-refractivity contribution in [1.29, 1.82) is 0 Å². The van der Waals surface area contributed by atoms with Gasteiger partial charge in [-0.15, -0.1) is 0 Å². The number of alkyl halides is 2. The molecule has 0 radical (unpaired) electrons. The maximum atomic E-state index is 12.9. The second kappa shape index (κ2) is 10.8. The van der Waals surface area contributed by atoms with Crippen molar-refractivity contribution in [3.63, 3.8) is 0 Å². The summed E-state index contributed by atoms with van der Waals surface area (Å²) in [5.74, 6) is -2.13. The number of hydrogen-bond donors (Lipinski definition) is 3. The largest absolute Gasteiger partial charge is 0.481 e. The van der Waals surface area contributed by atoms with Crippen molar-refractivity contribution in [1.82, 2.24) is 10.6 Å². The zero-order valence-electron chi connectivity index (χ0n) is 19.1. The molecule has 3 N–H and O–H groups in total. The van der Waals surface area contributed by atoms with Crippen LogP contribution in [0.15, 0.2) is 48.5 Å². The molecule has 0 heterocycles. The number of amides is 2. The van der Waals surface area contributed by atoms with Crippen molar-refractivity contribution in [2.75, 3.05) is 6.61 Å². The van der Waals surface area contributed by atoms with Crippen LogP contribution in [0.25, 0.3) is 11.1 Å². The Morgan fingerprint density at radius 3 is 2.23 bits per heavy atom. The van der Waals surface area contributed by atoms with Gasteiger partial charge in [0.1, 0.15) is 12.6 Å². The van der Waals surface area contributed by atoms with Gasteiger partial charge in [0.15, 0.2) is 0 Å². The van der Waals surface area contributed by atoms with E-state index in [2.05, 4.69) is 22.8 Å². The van der Waals surface area contributed by atoms with Crippen molar-refractivity contribution in [3.8, 4) is 11.1 Å². The smallest absolute Gasteiger partial charge is 0.407 e. The molecule has 0 aromatic heterocycles. The number of benzene rings is 2. The summed E-state index contributed by atoms with van der Waals surface area (Å²) in [6, 6.07) is 14.2. The van der Waals surface area contributed by atoms with Crippen LogP contribution in [0.5, 0.6) is 0 Å². The third-order valence-corrected chi connectivity index (χ3v) is 6.73. The highest BCUT2D eigenvalue weighted by Gasteiger charge is 2.32. The van der Waals surface area contributed by atoms with Gasteiger partial charge < -0.3 is 20.5 Å². The summed E-state index contributed by atoms with van der Waals surface area (Å²) in [6.07, 6.45) is -2.49. The van der Waals surface area contributed by atoms with Crippen molar-refractivity contribution in [2.24, 2.45) is 5.92 Å². The van der Waals surface area contributed by atoms with Crippen LogP contribution in [-0.4, -0.2) is 48.2 Å². The molecule has 1 fully saturated rings. The van der Waals surface area contributed by atoms with Crippen LogP contribution < -0.4 is 10.6 Å². The van der Waals surface area contributed by atoms with Gasteiger partial charge in [0.05, 0.1) is 6.42 Å². The van der Waals surface area contributed by atoms with Gasteiger partial charge >= 0.3 is 12.1 Å². The second-order valence-corrected chi connectivity index (χ2v) is 9.16. The van der Waals surface area contributed by atoms with E-state index in [-0.39, 0.29) is 30.9 Å². The lowest BCUT2D eigenvalue weighted by Gasteiger charge is -2.18. The summed E-state index contributed by atoms with van der Waals surface area (Å²) in [4.78, 5) is 35.3. The number of aliphatic carboxylic acids is 1. The van der Waals surface area contributed by atoms with E-state index in [1.165, 1.54) is 0 Å². The highest BCUT2D eigenvalue weighted by molar-refractivity contribution is 5.79. The molecule has 7 nitrogen and oxygen atoms in total. The zero-order chi connectivity index (χ0) is 24.9. The molecule has 2 aromatic rings. The van der Waals surface area contributed by atoms with E-state index in [4.69, 9.17) is 9.84 Å². The average Bonchev–Trinajstić information content (AvgIpc) is 3.38. The quantitative estimate of drug-likeness (QED) is 0.490. The minimum absolute atomic E-state index is 0.00566. The fourth-order valence-corrected chi connectivity index (χ4v) is 5.12. The van der Waals surface area contributed by atoms with E-state index < -0.39 is 36.9 Å². The lowest BCUT2D eigenvalue weighted by atomic mass is 9.98. The summed E-state index contributed by atoms with van der Waals surface area (Å²) >= 11 is 0.